The van der Waals surface area contributed by atoms with E-state index in [1.165, 1.54) is 0 Å². The molecule has 0 atom stereocenters. The zero-order valence-corrected chi connectivity index (χ0v) is 16.2. The summed E-state index contributed by atoms with van der Waals surface area (Å²) in [5.74, 6) is 1.85. The summed E-state index contributed by atoms with van der Waals surface area (Å²) in [6, 6.07) is 11.8. The molecule has 0 saturated carbocycles. The fourth-order valence-corrected chi connectivity index (χ4v) is 2.70. The van der Waals surface area contributed by atoms with Gasteiger partial charge in [0.05, 0.1) is 0 Å². The summed E-state index contributed by atoms with van der Waals surface area (Å²) >= 11 is 0. The summed E-state index contributed by atoms with van der Waals surface area (Å²) in [5.41, 5.74) is 3.16. The lowest BCUT2D eigenvalue weighted by atomic mass is 10.1. The van der Waals surface area contributed by atoms with Crippen LogP contribution in [0.4, 0.5) is 5.82 Å². The van der Waals surface area contributed by atoms with Gasteiger partial charge in [0.2, 0.25) is 17.6 Å². The second-order valence-corrected chi connectivity index (χ2v) is 6.68. The predicted octanol–water partition coefficient (Wildman–Crippen LogP) is 3.30. The molecular weight excluding hydrogens is 354 g/mol. The van der Waals surface area contributed by atoms with Crippen LogP contribution in [-0.2, 0) is 11.2 Å². The number of hydrogen-bond donors (Lipinski definition) is 2. The summed E-state index contributed by atoms with van der Waals surface area (Å²) in [4.78, 5) is 20.7. The third-order valence-corrected chi connectivity index (χ3v) is 4.31. The van der Waals surface area contributed by atoms with Crippen molar-refractivity contribution in [1.82, 2.24) is 20.4 Å². The SMILES string of the molecule is Cc1ccc(NCCCNC(=O)CCc2nc(-c3ccccc3C)no2)nc1. The lowest BCUT2D eigenvalue weighted by Crippen LogP contribution is -2.26. The summed E-state index contributed by atoms with van der Waals surface area (Å²) < 4.78 is 5.27. The summed E-state index contributed by atoms with van der Waals surface area (Å²) in [6.45, 7) is 5.36. The maximum Gasteiger partial charge on any atom is 0.227 e. The molecule has 0 aliphatic heterocycles. The third-order valence-electron chi connectivity index (χ3n) is 4.31. The Balaban J connectivity index is 1.34. The van der Waals surface area contributed by atoms with Gasteiger partial charge in [-0.25, -0.2) is 4.98 Å². The van der Waals surface area contributed by atoms with E-state index >= 15 is 0 Å². The van der Waals surface area contributed by atoms with E-state index < -0.39 is 0 Å². The zero-order valence-electron chi connectivity index (χ0n) is 16.2. The molecule has 0 spiro atoms. The Hall–Kier alpha value is -3.22. The predicted molar refractivity (Wildman–Crippen MR) is 108 cm³/mol. The van der Waals surface area contributed by atoms with Crippen LogP contribution in [0.2, 0.25) is 0 Å². The molecule has 0 aliphatic rings. The second-order valence-electron chi connectivity index (χ2n) is 6.68. The van der Waals surface area contributed by atoms with Crippen LogP contribution in [0, 0.1) is 13.8 Å². The van der Waals surface area contributed by atoms with Gasteiger partial charge in [0.15, 0.2) is 0 Å². The van der Waals surface area contributed by atoms with E-state index in [4.69, 9.17) is 4.52 Å². The molecule has 3 aromatic rings. The molecule has 0 bridgehead atoms. The lowest BCUT2D eigenvalue weighted by Gasteiger charge is -2.07. The summed E-state index contributed by atoms with van der Waals surface area (Å²) in [5, 5.41) is 10.2. The van der Waals surface area contributed by atoms with Crippen molar-refractivity contribution in [2.24, 2.45) is 0 Å². The van der Waals surface area contributed by atoms with Crippen LogP contribution in [0.15, 0.2) is 47.1 Å². The second kappa shape index (κ2) is 9.64. The molecule has 0 radical (unpaired) electrons. The normalized spacial score (nSPS) is 10.6. The van der Waals surface area contributed by atoms with Crippen LogP contribution < -0.4 is 10.6 Å². The highest BCUT2D eigenvalue weighted by atomic mass is 16.5. The van der Waals surface area contributed by atoms with E-state index in [2.05, 4.69) is 25.8 Å². The number of nitrogens with one attached hydrogen (secondary N) is 2. The smallest absolute Gasteiger partial charge is 0.227 e. The number of aromatic nitrogens is 3. The fourth-order valence-electron chi connectivity index (χ4n) is 2.70. The van der Waals surface area contributed by atoms with Gasteiger partial charge >= 0.3 is 0 Å². The first-order valence-electron chi connectivity index (χ1n) is 9.43. The molecule has 2 aromatic heterocycles. The molecule has 0 aliphatic carbocycles. The van der Waals surface area contributed by atoms with Crippen molar-refractivity contribution >= 4 is 11.7 Å². The number of anilines is 1. The quantitative estimate of drug-likeness (QED) is 0.554. The Morgan fingerprint density at radius 3 is 2.75 bits per heavy atom. The minimum Gasteiger partial charge on any atom is -0.370 e. The Morgan fingerprint density at radius 1 is 1.11 bits per heavy atom. The minimum absolute atomic E-state index is 0.0240. The van der Waals surface area contributed by atoms with E-state index in [1.807, 2.05) is 56.4 Å². The van der Waals surface area contributed by atoms with Crippen molar-refractivity contribution < 1.29 is 9.32 Å². The topological polar surface area (TPSA) is 92.9 Å². The number of benzene rings is 1. The Bertz CT molecular complexity index is 905. The van der Waals surface area contributed by atoms with Crippen molar-refractivity contribution in [3.05, 3.63) is 59.6 Å². The zero-order chi connectivity index (χ0) is 19.8. The van der Waals surface area contributed by atoms with Crippen LogP contribution in [0.25, 0.3) is 11.4 Å². The van der Waals surface area contributed by atoms with Crippen molar-refractivity contribution in [2.45, 2.75) is 33.1 Å². The number of pyridine rings is 1. The molecule has 0 saturated heterocycles. The molecule has 0 unspecified atom stereocenters. The van der Waals surface area contributed by atoms with Gasteiger partial charge in [-0.3, -0.25) is 4.79 Å². The van der Waals surface area contributed by atoms with Gasteiger partial charge in [-0.15, -0.1) is 0 Å². The van der Waals surface area contributed by atoms with E-state index in [9.17, 15) is 4.79 Å². The number of carbonyl (C=O) groups is 1. The molecule has 2 N–H and O–H groups in total. The monoisotopic (exact) mass is 379 g/mol. The number of aryl methyl sites for hydroxylation is 3. The first-order chi connectivity index (χ1) is 13.6. The van der Waals surface area contributed by atoms with Gasteiger partial charge in [0.1, 0.15) is 5.82 Å². The molecule has 3 rings (SSSR count). The number of nitrogens with zero attached hydrogens (tertiary/aromatic N) is 3. The molecular formula is C21H25N5O2. The van der Waals surface area contributed by atoms with Crippen molar-refractivity contribution in [2.75, 3.05) is 18.4 Å². The fraction of sp³-hybridized carbons (Fsp3) is 0.333. The minimum atomic E-state index is -0.0240. The molecule has 146 valence electrons. The Morgan fingerprint density at radius 2 is 1.96 bits per heavy atom. The highest BCUT2D eigenvalue weighted by Gasteiger charge is 2.11. The molecule has 7 heteroatoms. The molecule has 7 nitrogen and oxygen atoms in total. The van der Waals surface area contributed by atoms with Crippen LogP contribution >= 0.6 is 0 Å². The first kappa shape index (κ1) is 19.5. The van der Waals surface area contributed by atoms with Crippen LogP contribution in [0.1, 0.15) is 29.9 Å². The maximum absolute atomic E-state index is 12.0. The average molecular weight is 379 g/mol. The van der Waals surface area contributed by atoms with Gasteiger partial charge < -0.3 is 15.2 Å². The highest BCUT2D eigenvalue weighted by molar-refractivity contribution is 5.76. The molecule has 2 heterocycles. The van der Waals surface area contributed by atoms with Gasteiger partial charge in [0.25, 0.3) is 0 Å². The highest BCUT2D eigenvalue weighted by Crippen LogP contribution is 2.20. The summed E-state index contributed by atoms with van der Waals surface area (Å²) in [6.07, 6.45) is 3.39. The summed E-state index contributed by atoms with van der Waals surface area (Å²) in [7, 11) is 0. The van der Waals surface area contributed by atoms with Crippen molar-refractivity contribution in [3.63, 3.8) is 0 Å². The standard InChI is InChI=1S/C21H25N5O2/c1-15-8-9-18(24-14-15)22-12-5-13-23-19(27)10-11-20-25-21(26-28-20)17-7-4-3-6-16(17)2/h3-4,6-9,14H,5,10-13H2,1-2H3,(H,22,24)(H,23,27). The van der Waals surface area contributed by atoms with Crippen molar-refractivity contribution in [3.8, 4) is 11.4 Å². The first-order valence-corrected chi connectivity index (χ1v) is 9.43. The molecule has 1 amide bonds. The van der Waals surface area contributed by atoms with E-state index in [0.29, 0.717) is 31.1 Å². The van der Waals surface area contributed by atoms with E-state index in [0.717, 1.165) is 35.5 Å². The average Bonchev–Trinajstić information content (AvgIpc) is 3.17. The number of carbonyl (C=O) groups excluding carboxylic acids is 1. The largest absolute Gasteiger partial charge is 0.370 e. The van der Waals surface area contributed by atoms with Crippen LogP contribution in [0.3, 0.4) is 0 Å². The van der Waals surface area contributed by atoms with Crippen LogP contribution in [-0.4, -0.2) is 34.1 Å². The number of amides is 1. The van der Waals surface area contributed by atoms with Gasteiger partial charge in [0, 0.05) is 37.7 Å². The maximum atomic E-state index is 12.0. The number of rotatable bonds is 9. The molecule has 0 fully saturated rings. The lowest BCUT2D eigenvalue weighted by molar-refractivity contribution is -0.121. The van der Waals surface area contributed by atoms with Gasteiger partial charge in [-0.1, -0.05) is 35.5 Å². The Labute approximate surface area is 164 Å². The number of hydrogen-bond acceptors (Lipinski definition) is 6. The van der Waals surface area contributed by atoms with Gasteiger partial charge in [-0.05, 0) is 37.5 Å². The Kier molecular flexibility index (Phi) is 6.73. The van der Waals surface area contributed by atoms with Crippen molar-refractivity contribution in [1.29, 1.82) is 0 Å². The van der Waals surface area contributed by atoms with Gasteiger partial charge in [-0.2, -0.15) is 4.98 Å². The third kappa shape index (κ3) is 5.64. The van der Waals surface area contributed by atoms with E-state index in [1.54, 1.807) is 0 Å². The molecule has 1 aromatic carbocycles. The van der Waals surface area contributed by atoms with Crippen LogP contribution in [0.5, 0.6) is 0 Å². The van der Waals surface area contributed by atoms with E-state index in [-0.39, 0.29) is 5.91 Å². The molecule has 28 heavy (non-hydrogen) atoms.